The fraction of sp³-hybridized carbons (Fsp3) is 0.391. The molecule has 7 heteroatoms. The molecule has 162 valence electrons. The molecule has 0 aliphatic carbocycles. The first-order valence-corrected chi connectivity index (χ1v) is 10.6. The monoisotopic (exact) mass is 450 g/mol. The highest BCUT2D eigenvalue weighted by atomic mass is 35.5. The van der Waals surface area contributed by atoms with Gasteiger partial charge in [-0.25, -0.2) is 0 Å². The van der Waals surface area contributed by atoms with E-state index in [-0.39, 0.29) is 31.0 Å². The van der Waals surface area contributed by atoms with Crippen LogP contribution in [0.25, 0.3) is 0 Å². The Morgan fingerprint density at radius 3 is 2.43 bits per heavy atom. The van der Waals surface area contributed by atoms with Crippen molar-refractivity contribution in [1.82, 2.24) is 10.2 Å². The van der Waals surface area contributed by atoms with Gasteiger partial charge in [0.1, 0.15) is 11.8 Å². The summed E-state index contributed by atoms with van der Waals surface area (Å²) in [7, 11) is 0. The zero-order valence-electron chi connectivity index (χ0n) is 18.0. The summed E-state index contributed by atoms with van der Waals surface area (Å²) >= 11 is 12.3. The Morgan fingerprint density at radius 2 is 1.80 bits per heavy atom. The van der Waals surface area contributed by atoms with Crippen molar-refractivity contribution >= 4 is 35.0 Å². The van der Waals surface area contributed by atoms with Gasteiger partial charge in [0, 0.05) is 22.6 Å². The van der Waals surface area contributed by atoms with Crippen LogP contribution in [0.2, 0.25) is 10.0 Å². The lowest BCUT2D eigenvalue weighted by Crippen LogP contribution is -2.50. The van der Waals surface area contributed by atoms with Gasteiger partial charge in [-0.3, -0.25) is 9.59 Å². The molecule has 1 unspecified atom stereocenters. The summed E-state index contributed by atoms with van der Waals surface area (Å²) in [5.41, 5.74) is 2.75. The molecule has 0 radical (unpaired) electrons. The maximum atomic E-state index is 13.1. The molecule has 0 aromatic heterocycles. The fourth-order valence-electron chi connectivity index (χ4n) is 2.92. The Bertz CT molecular complexity index is 915. The second-order valence-electron chi connectivity index (χ2n) is 7.58. The van der Waals surface area contributed by atoms with Crippen LogP contribution in [0.1, 0.15) is 37.5 Å². The molecule has 0 fully saturated rings. The van der Waals surface area contributed by atoms with E-state index in [2.05, 4.69) is 5.32 Å². The number of halogens is 2. The van der Waals surface area contributed by atoms with E-state index in [1.807, 2.05) is 45.9 Å². The van der Waals surface area contributed by atoms with Crippen molar-refractivity contribution in [3.63, 3.8) is 0 Å². The van der Waals surface area contributed by atoms with Crippen LogP contribution in [-0.2, 0) is 16.1 Å². The van der Waals surface area contributed by atoms with Gasteiger partial charge in [0.05, 0.1) is 0 Å². The molecule has 0 saturated carbocycles. The molecule has 0 bridgehead atoms. The summed E-state index contributed by atoms with van der Waals surface area (Å²) in [5, 5.41) is 3.79. The van der Waals surface area contributed by atoms with Crippen molar-refractivity contribution in [3.05, 3.63) is 63.1 Å². The molecule has 0 spiro atoms. The highest BCUT2D eigenvalue weighted by molar-refractivity contribution is 6.35. The van der Waals surface area contributed by atoms with Gasteiger partial charge in [0.2, 0.25) is 5.91 Å². The van der Waals surface area contributed by atoms with Crippen LogP contribution in [0.3, 0.4) is 0 Å². The molecule has 2 amide bonds. The quantitative estimate of drug-likeness (QED) is 0.619. The first kappa shape index (κ1) is 24.0. The van der Waals surface area contributed by atoms with Crippen molar-refractivity contribution in [3.8, 4) is 5.75 Å². The van der Waals surface area contributed by atoms with Crippen molar-refractivity contribution in [1.29, 1.82) is 0 Å². The van der Waals surface area contributed by atoms with E-state index in [9.17, 15) is 9.59 Å². The topological polar surface area (TPSA) is 58.6 Å². The fourth-order valence-corrected chi connectivity index (χ4v) is 3.39. The number of benzene rings is 2. The van der Waals surface area contributed by atoms with Crippen molar-refractivity contribution in [2.45, 2.75) is 53.2 Å². The number of aryl methyl sites for hydroxylation is 1. The standard InChI is InChI=1S/C23H28Cl2N2O3/c1-14(2)26-23(29)17(5)27(12-18-9-10-19(24)11-20(18)25)22(28)13-30-21-8-6-7-15(3)16(21)4/h6-11,14,17H,12-13H2,1-5H3,(H,26,29). The van der Waals surface area contributed by atoms with E-state index >= 15 is 0 Å². The molecular weight excluding hydrogens is 423 g/mol. The summed E-state index contributed by atoms with van der Waals surface area (Å²) in [4.78, 5) is 27.2. The van der Waals surface area contributed by atoms with Gasteiger partial charge < -0.3 is 15.0 Å². The largest absolute Gasteiger partial charge is 0.483 e. The maximum absolute atomic E-state index is 13.1. The number of hydrogen-bond donors (Lipinski definition) is 1. The highest BCUT2D eigenvalue weighted by Gasteiger charge is 2.27. The molecular formula is C23H28Cl2N2O3. The van der Waals surface area contributed by atoms with Crippen LogP contribution in [0, 0.1) is 13.8 Å². The average molecular weight is 451 g/mol. The minimum Gasteiger partial charge on any atom is -0.483 e. The Balaban J connectivity index is 2.23. The van der Waals surface area contributed by atoms with Crippen LogP contribution in [0.5, 0.6) is 5.75 Å². The second-order valence-corrected chi connectivity index (χ2v) is 8.43. The Kier molecular flexibility index (Phi) is 8.56. The molecule has 0 aliphatic heterocycles. The Hall–Kier alpha value is -2.24. The third kappa shape index (κ3) is 6.38. The van der Waals surface area contributed by atoms with Crippen molar-refractivity contribution in [2.24, 2.45) is 0 Å². The van der Waals surface area contributed by atoms with Crippen molar-refractivity contribution < 1.29 is 14.3 Å². The molecule has 2 aromatic carbocycles. The molecule has 0 aliphatic rings. The smallest absolute Gasteiger partial charge is 0.261 e. The Morgan fingerprint density at radius 1 is 1.10 bits per heavy atom. The van der Waals surface area contributed by atoms with E-state index in [4.69, 9.17) is 27.9 Å². The maximum Gasteiger partial charge on any atom is 0.261 e. The molecule has 2 rings (SSSR count). The molecule has 0 saturated heterocycles. The van der Waals surface area contributed by atoms with Crippen molar-refractivity contribution in [2.75, 3.05) is 6.61 Å². The zero-order chi connectivity index (χ0) is 22.4. The van der Waals surface area contributed by atoms with Gasteiger partial charge >= 0.3 is 0 Å². The van der Waals surface area contributed by atoms with Gasteiger partial charge in [-0.15, -0.1) is 0 Å². The minimum atomic E-state index is -0.700. The summed E-state index contributed by atoms with van der Waals surface area (Å²) in [6, 6.07) is 10.0. The molecule has 30 heavy (non-hydrogen) atoms. The molecule has 1 atom stereocenters. The SMILES string of the molecule is Cc1cccc(OCC(=O)N(Cc2ccc(Cl)cc2Cl)C(C)C(=O)NC(C)C)c1C. The lowest BCUT2D eigenvalue weighted by Gasteiger charge is -2.29. The normalized spacial score (nSPS) is 11.9. The van der Waals surface area contributed by atoms with Gasteiger partial charge in [0.25, 0.3) is 5.91 Å². The summed E-state index contributed by atoms with van der Waals surface area (Å²) in [5.74, 6) is 0.0932. The van der Waals surface area contributed by atoms with E-state index in [0.717, 1.165) is 11.1 Å². The van der Waals surface area contributed by atoms with Crippen LogP contribution in [0.4, 0.5) is 0 Å². The molecule has 5 nitrogen and oxygen atoms in total. The highest BCUT2D eigenvalue weighted by Crippen LogP contribution is 2.24. The van der Waals surface area contributed by atoms with Crippen LogP contribution >= 0.6 is 23.2 Å². The zero-order valence-corrected chi connectivity index (χ0v) is 19.5. The van der Waals surface area contributed by atoms with E-state index < -0.39 is 6.04 Å². The van der Waals surface area contributed by atoms with E-state index in [0.29, 0.717) is 21.4 Å². The molecule has 0 heterocycles. The van der Waals surface area contributed by atoms with Gasteiger partial charge in [0.15, 0.2) is 6.61 Å². The van der Waals surface area contributed by atoms with Crippen LogP contribution in [0.15, 0.2) is 36.4 Å². The summed E-state index contributed by atoms with van der Waals surface area (Å²) in [6.07, 6.45) is 0. The van der Waals surface area contributed by atoms with Crippen LogP contribution in [-0.4, -0.2) is 35.4 Å². The molecule has 2 aromatic rings. The summed E-state index contributed by atoms with van der Waals surface area (Å²) < 4.78 is 5.78. The van der Waals surface area contributed by atoms with E-state index in [1.165, 1.54) is 4.90 Å². The number of carbonyl (C=O) groups is 2. The predicted octanol–water partition coefficient (Wildman–Crippen LogP) is 4.93. The number of nitrogens with zero attached hydrogens (tertiary/aromatic N) is 1. The second kappa shape index (κ2) is 10.7. The van der Waals surface area contributed by atoms with E-state index in [1.54, 1.807) is 25.1 Å². The first-order valence-electron chi connectivity index (χ1n) is 9.83. The van der Waals surface area contributed by atoms with Crippen LogP contribution < -0.4 is 10.1 Å². The number of amides is 2. The number of nitrogens with one attached hydrogen (secondary N) is 1. The summed E-state index contributed by atoms with van der Waals surface area (Å²) in [6.45, 7) is 9.34. The minimum absolute atomic E-state index is 0.0396. The Labute approximate surface area is 188 Å². The molecule has 1 N–H and O–H groups in total. The number of rotatable bonds is 8. The lowest BCUT2D eigenvalue weighted by molar-refractivity contribution is -0.142. The predicted molar refractivity (Wildman–Crippen MR) is 121 cm³/mol. The number of hydrogen-bond acceptors (Lipinski definition) is 3. The number of carbonyl (C=O) groups excluding carboxylic acids is 2. The third-order valence-electron chi connectivity index (χ3n) is 4.86. The average Bonchev–Trinajstić information content (AvgIpc) is 2.67. The van der Waals surface area contributed by atoms with Gasteiger partial charge in [-0.2, -0.15) is 0 Å². The third-order valence-corrected chi connectivity index (χ3v) is 5.45. The van der Waals surface area contributed by atoms with Gasteiger partial charge in [-0.1, -0.05) is 41.4 Å². The lowest BCUT2D eigenvalue weighted by atomic mass is 10.1. The first-order chi connectivity index (χ1) is 14.1. The van der Waals surface area contributed by atoms with Gasteiger partial charge in [-0.05, 0) is 69.5 Å². The number of ether oxygens (including phenoxy) is 1.